The van der Waals surface area contributed by atoms with Crippen LogP contribution in [0, 0.1) is 0 Å². The summed E-state index contributed by atoms with van der Waals surface area (Å²) in [5.41, 5.74) is 1.03. The number of hydrogen-bond donors (Lipinski definition) is 2. The summed E-state index contributed by atoms with van der Waals surface area (Å²) in [6.45, 7) is 4.80. The van der Waals surface area contributed by atoms with Crippen molar-refractivity contribution in [1.29, 1.82) is 0 Å². The van der Waals surface area contributed by atoms with E-state index in [1.807, 2.05) is 12.1 Å². The fourth-order valence-electron chi connectivity index (χ4n) is 2.06. The molecule has 0 fully saturated rings. The number of guanidine groups is 1. The summed E-state index contributed by atoms with van der Waals surface area (Å²) in [7, 11) is 1.76. The van der Waals surface area contributed by atoms with E-state index in [9.17, 15) is 0 Å². The monoisotopic (exact) mass is 439 g/mol. The van der Waals surface area contributed by atoms with Gasteiger partial charge < -0.3 is 20.1 Å². The van der Waals surface area contributed by atoms with Gasteiger partial charge in [0.25, 0.3) is 0 Å². The molecule has 5 nitrogen and oxygen atoms in total. The molecule has 1 aromatic rings. The van der Waals surface area contributed by atoms with E-state index >= 15 is 0 Å². The van der Waals surface area contributed by atoms with Gasteiger partial charge in [0, 0.05) is 20.1 Å². The van der Waals surface area contributed by atoms with Gasteiger partial charge in [-0.1, -0.05) is 24.9 Å². The topological polar surface area (TPSA) is 54.9 Å². The molecule has 1 aliphatic heterocycles. The number of benzene rings is 1. The van der Waals surface area contributed by atoms with E-state index < -0.39 is 0 Å². The summed E-state index contributed by atoms with van der Waals surface area (Å²) in [6, 6.07) is 3.84. The van der Waals surface area contributed by atoms with E-state index in [1.54, 1.807) is 7.05 Å². The van der Waals surface area contributed by atoms with Crippen LogP contribution in [0.2, 0.25) is 5.02 Å². The van der Waals surface area contributed by atoms with Crippen molar-refractivity contribution in [3.05, 3.63) is 22.7 Å². The zero-order chi connectivity index (χ0) is 15.1. The predicted octanol–water partition coefficient (Wildman–Crippen LogP) is 3.19. The van der Waals surface area contributed by atoms with Crippen molar-refractivity contribution in [3.8, 4) is 11.5 Å². The van der Waals surface area contributed by atoms with E-state index in [0.29, 0.717) is 36.3 Å². The number of nitrogens with one attached hydrogen (secondary N) is 2. The first-order valence-electron chi connectivity index (χ1n) is 7.27. The minimum Gasteiger partial charge on any atom is -0.486 e. The normalized spacial score (nSPS) is 13.3. The Morgan fingerprint density at radius 3 is 2.77 bits per heavy atom. The van der Waals surface area contributed by atoms with Crippen molar-refractivity contribution in [3.63, 3.8) is 0 Å². The van der Waals surface area contributed by atoms with Gasteiger partial charge in [-0.3, -0.25) is 4.99 Å². The molecule has 0 radical (unpaired) electrons. The molecule has 1 heterocycles. The van der Waals surface area contributed by atoms with Gasteiger partial charge in [-0.25, -0.2) is 0 Å². The van der Waals surface area contributed by atoms with Crippen molar-refractivity contribution in [2.45, 2.75) is 26.3 Å². The van der Waals surface area contributed by atoms with Crippen LogP contribution in [0.5, 0.6) is 11.5 Å². The maximum Gasteiger partial charge on any atom is 0.191 e. The number of fused-ring (bicyclic) bond motifs is 1. The second kappa shape index (κ2) is 9.99. The Labute approximate surface area is 153 Å². The molecule has 124 valence electrons. The molecule has 7 heteroatoms. The fraction of sp³-hybridized carbons (Fsp3) is 0.533. The second-order valence-corrected chi connectivity index (χ2v) is 5.22. The maximum absolute atomic E-state index is 6.22. The third kappa shape index (κ3) is 5.39. The molecule has 2 N–H and O–H groups in total. The van der Waals surface area contributed by atoms with Gasteiger partial charge in [0.15, 0.2) is 17.5 Å². The number of aliphatic imine (C=N–C) groups is 1. The largest absolute Gasteiger partial charge is 0.486 e. The Balaban J connectivity index is 0.00000242. The van der Waals surface area contributed by atoms with Gasteiger partial charge in [-0.15, -0.1) is 24.0 Å². The molecule has 2 rings (SSSR count). The summed E-state index contributed by atoms with van der Waals surface area (Å²) in [4.78, 5) is 4.19. The quantitative estimate of drug-likeness (QED) is 0.320. The molecule has 0 saturated heterocycles. The number of ether oxygens (including phenoxy) is 2. The predicted molar refractivity (Wildman–Crippen MR) is 101 cm³/mol. The van der Waals surface area contributed by atoms with Gasteiger partial charge in [0.2, 0.25) is 0 Å². The Kier molecular flexibility index (Phi) is 8.70. The van der Waals surface area contributed by atoms with E-state index in [0.717, 1.165) is 30.9 Å². The Bertz CT molecular complexity index is 512. The number of nitrogens with zero attached hydrogens (tertiary/aromatic N) is 1. The van der Waals surface area contributed by atoms with Gasteiger partial charge in [0.05, 0.1) is 5.02 Å². The van der Waals surface area contributed by atoms with Crippen molar-refractivity contribution in [1.82, 2.24) is 10.6 Å². The highest BCUT2D eigenvalue weighted by Gasteiger charge is 2.16. The zero-order valence-corrected chi connectivity index (χ0v) is 16.0. The van der Waals surface area contributed by atoms with Crippen LogP contribution in [0.15, 0.2) is 17.1 Å². The lowest BCUT2D eigenvalue weighted by atomic mass is 10.2. The number of halogens is 2. The molecule has 0 amide bonds. The molecule has 22 heavy (non-hydrogen) atoms. The molecule has 1 aromatic carbocycles. The Hall–Kier alpha value is -0.890. The molecule has 0 saturated carbocycles. The molecule has 0 spiro atoms. The van der Waals surface area contributed by atoms with Gasteiger partial charge in [0.1, 0.15) is 13.2 Å². The van der Waals surface area contributed by atoms with Crippen molar-refractivity contribution >= 4 is 41.5 Å². The molecule has 0 unspecified atom stereocenters. The first-order chi connectivity index (χ1) is 10.2. The summed E-state index contributed by atoms with van der Waals surface area (Å²) >= 11 is 6.22. The summed E-state index contributed by atoms with van der Waals surface area (Å²) in [5.74, 6) is 2.13. The van der Waals surface area contributed by atoms with Crippen LogP contribution in [-0.4, -0.2) is 32.8 Å². The van der Waals surface area contributed by atoms with Crippen LogP contribution in [0.4, 0.5) is 0 Å². The zero-order valence-electron chi connectivity index (χ0n) is 12.9. The van der Waals surface area contributed by atoms with Crippen LogP contribution in [-0.2, 0) is 6.54 Å². The lowest BCUT2D eigenvalue weighted by Crippen LogP contribution is -2.37. The highest BCUT2D eigenvalue weighted by atomic mass is 127. The first kappa shape index (κ1) is 19.2. The number of rotatable bonds is 5. The van der Waals surface area contributed by atoms with E-state index in [2.05, 4.69) is 22.5 Å². The molecule has 0 aromatic heterocycles. The van der Waals surface area contributed by atoms with Crippen LogP contribution in [0.1, 0.15) is 25.3 Å². The van der Waals surface area contributed by atoms with Crippen LogP contribution in [0.3, 0.4) is 0 Å². The molecular formula is C15H23ClIN3O2. The van der Waals surface area contributed by atoms with Crippen molar-refractivity contribution in [2.24, 2.45) is 4.99 Å². The minimum atomic E-state index is 0. The first-order valence-corrected chi connectivity index (χ1v) is 7.65. The Morgan fingerprint density at radius 2 is 2.05 bits per heavy atom. The van der Waals surface area contributed by atoms with Gasteiger partial charge in [-0.2, -0.15) is 0 Å². The lowest BCUT2D eigenvalue weighted by Gasteiger charge is -2.20. The third-order valence-corrected chi connectivity index (χ3v) is 3.44. The smallest absolute Gasteiger partial charge is 0.191 e. The van der Waals surface area contributed by atoms with Crippen LogP contribution in [0.25, 0.3) is 0 Å². The highest BCUT2D eigenvalue weighted by molar-refractivity contribution is 14.0. The second-order valence-electron chi connectivity index (χ2n) is 4.81. The average Bonchev–Trinajstić information content (AvgIpc) is 2.51. The molecule has 1 aliphatic rings. The number of hydrogen-bond acceptors (Lipinski definition) is 3. The van der Waals surface area contributed by atoms with E-state index in [1.165, 1.54) is 0 Å². The summed E-state index contributed by atoms with van der Waals surface area (Å²) < 4.78 is 11.1. The molecular weight excluding hydrogens is 417 g/mol. The molecule has 0 aliphatic carbocycles. The third-order valence-electron chi connectivity index (χ3n) is 3.16. The van der Waals surface area contributed by atoms with E-state index in [-0.39, 0.29) is 24.0 Å². The van der Waals surface area contributed by atoms with E-state index in [4.69, 9.17) is 21.1 Å². The van der Waals surface area contributed by atoms with Gasteiger partial charge >= 0.3 is 0 Å². The molecule has 0 bridgehead atoms. The van der Waals surface area contributed by atoms with Crippen molar-refractivity contribution in [2.75, 3.05) is 26.8 Å². The standard InChI is InChI=1S/C15H22ClN3O2.HI/c1-3-4-5-18-15(17-2)19-10-11-8-12(16)14-13(9-11)20-6-7-21-14;/h8-9H,3-7,10H2,1-2H3,(H2,17,18,19);1H. The van der Waals surface area contributed by atoms with Gasteiger partial charge in [-0.05, 0) is 24.1 Å². The number of unbranched alkanes of at least 4 members (excludes halogenated alkanes) is 1. The lowest BCUT2D eigenvalue weighted by molar-refractivity contribution is 0.171. The summed E-state index contributed by atoms with van der Waals surface area (Å²) in [6.07, 6.45) is 2.28. The Morgan fingerprint density at radius 1 is 1.27 bits per heavy atom. The SMILES string of the molecule is CCCCNC(=NC)NCc1cc(Cl)c2c(c1)OCCO2.I. The minimum absolute atomic E-state index is 0. The van der Waals surface area contributed by atoms with Crippen LogP contribution < -0.4 is 20.1 Å². The highest BCUT2D eigenvalue weighted by Crippen LogP contribution is 2.38. The average molecular weight is 440 g/mol. The van der Waals surface area contributed by atoms with Crippen molar-refractivity contribution < 1.29 is 9.47 Å². The summed E-state index contributed by atoms with van der Waals surface area (Å²) in [5, 5.41) is 7.11. The van der Waals surface area contributed by atoms with Crippen LogP contribution >= 0.6 is 35.6 Å². The fourth-order valence-corrected chi connectivity index (χ4v) is 2.34. The maximum atomic E-state index is 6.22. The molecule has 0 atom stereocenters.